The smallest absolute Gasteiger partial charge is 0.407 e. The van der Waals surface area contributed by atoms with Crippen molar-refractivity contribution in [3.8, 4) is 0 Å². The lowest BCUT2D eigenvalue weighted by molar-refractivity contribution is -0.146. The molecule has 0 fully saturated rings. The molecule has 0 unspecified atom stereocenters. The van der Waals surface area contributed by atoms with Gasteiger partial charge in [0.2, 0.25) is 0 Å². The summed E-state index contributed by atoms with van der Waals surface area (Å²) in [6.45, 7) is 3.60. The van der Waals surface area contributed by atoms with E-state index in [9.17, 15) is 9.59 Å². The van der Waals surface area contributed by atoms with Gasteiger partial charge in [-0.15, -0.1) is 0 Å². The first-order valence-corrected chi connectivity index (χ1v) is 4.49. The fraction of sp³-hybridized carbons (Fsp3) is 0.778. The molecule has 0 aliphatic carbocycles. The van der Waals surface area contributed by atoms with Gasteiger partial charge < -0.3 is 14.8 Å². The number of carbonyl (C=O) groups is 2. The maximum atomic E-state index is 11.2. The molecule has 1 N–H and O–H groups in total. The molecule has 0 saturated carbocycles. The number of alkyl carbamates (subject to hydrolysis) is 1. The molecule has 0 spiro atoms. The van der Waals surface area contributed by atoms with Crippen LogP contribution in [0.4, 0.5) is 4.79 Å². The van der Waals surface area contributed by atoms with E-state index in [1.165, 1.54) is 14.2 Å². The third-order valence-corrected chi connectivity index (χ3v) is 2.08. The lowest BCUT2D eigenvalue weighted by Gasteiger charge is -2.20. The Morgan fingerprint density at radius 2 is 1.86 bits per heavy atom. The Balaban J connectivity index is 4.23. The van der Waals surface area contributed by atoms with E-state index in [1.54, 1.807) is 6.92 Å². The van der Waals surface area contributed by atoms with Crippen LogP contribution in [0.5, 0.6) is 0 Å². The maximum Gasteiger partial charge on any atom is 0.407 e. The van der Waals surface area contributed by atoms with E-state index >= 15 is 0 Å². The molecule has 0 aromatic heterocycles. The van der Waals surface area contributed by atoms with Gasteiger partial charge in [0.25, 0.3) is 0 Å². The van der Waals surface area contributed by atoms with Gasteiger partial charge in [0, 0.05) is 6.04 Å². The molecule has 0 radical (unpaired) electrons. The predicted molar refractivity (Wildman–Crippen MR) is 50.8 cm³/mol. The zero-order valence-electron chi connectivity index (χ0n) is 8.99. The van der Waals surface area contributed by atoms with E-state index in [0.29, 0.717) is 6.42 Å². The number of ether oxygens (including phenoxy) is 2. The van der Waals surface area contributed by atoms with Gasteiger partial charge in [0.05, 0.1) is 20.1 Å². The summed E-state index contributed by atoms with van der Waals surface area (Å²) in [6.07, 6.45) is 0.0672. The molecule has 0 aliphatic rings. The summed E-state index contributed by atoms with van der Waals surface area (Å²) in [4.78, 5) is 22.1. The van der Waals surface area contributed by atoms with Crippen LogP contribution in [0.15, 0.2) is 0 Å². The summed E-state index contributed by atoms with van der Waals surface area (Å²) < 4.78 is 9.04. The van der Waals surface area contributed by atoms with Gasteiger partial charge >= 0.3 is 12.1 Å². The van der Waals surface area contributed by atoms with Crippen molar-refractivity contribution in [2.24, 2.45) is 5.92 Å². The minimum atomic E-state index is -0.542. The number of methoxy groups -OCH3 is 2. The molecule has 82 valence electrons. The van der Waals surface area contributed by atoms with Crippen molar-refractivity contribution in [2.75, 3.05) is 14.2 Å². The van der Waals surface area contributed by atoms with Crippen molar-refractivity contribution in [1.82, 2.24) is 5.32 Å². The zero-order valence-corrected chi connectivity index (χ0v) is 8.99. The Labute approximate surface area is 83.8 Å². The average Bonchev–Trinajstić information content (AvgIpc) is 2.18. The molecule has 0 aromatic rings. The van der Waals surface area contributed by atoms with Crippen molar-refractivity contribution in [3.63, 3.8) is 0 Å². The van der Waals surface area contributed by atoms with E-state index in [0.717, 1.165) is 0 Å². The number of carbonyl (C=O) groups excluding carboxylic acids is 2. The van der Waals surface area contributed by atoms with E-state index in [4.69, 9.17) is 0 Å². The first-order chi connectivity index (χ1) is 6.56. The van der Waals surface area contributed by atoms with Crippen molar-refractivity contribution < 1.29 is 19.1 Å². The number of nitrogens with one attached hydrogen (secondary N) is 1. The number of hydrogen-bond donors (Lipinski definition) is 1. The Kier molecular flexibility index (Phi) is 5.67. The summed E-state index contributed by atoms with van der Waals surface area (Å²) in [5.41, 5.74) is 0. The molecule has 14 heavy (non-hydrogen) atoms. The molecule has 0 rings (SSSR count). The molecule has 5 heteroatoms. The standard InChI is InChI=1S/C9H17NO4/c1-5-7(8(11)13-3)6(2)10-9(12)14-4/h6-7H,5H2,1-4H3,(H,10,12)/t6-,7+/m0/s1. The van der Waals surface area contributed by atoms with Crippen LogP contribution in [0.2, 0.25) is 0 Å². The van der Waals surface area contributed by atoms with Gasteiger partial charge in [-0.2, -0.15) is 0 Å². The molecule has 0 heterocycles. The zero-order chi connectivity index (χ0) is 11.1. The van der Waals surface area contributed by atoms with Crippen LogP contribution in [-0.2, 0) is 14.3 Å². The van der Waals surface area contributed by atoms with E-state index in [-0.39, 0.29) is 17.9 Å². The predicted octanol–water partition coefficient (Wildman–Crippen LogP) is 0.930. The highest BCUT2D eigenvalue weighted by Crippen LogP contribution is 2.10. The average molecular weight is 203 g/mol. The Bertz CT molecular complexity index is 205. The normalized spacial score (nSPS) is 14.0. The molecule has 0 saturated heterocycles. The Morgan fingerprint density at radius 1 is 1.29 bits per heavy atom. The Morgan fingerprint density at radius 3 is 2.21 bits per heavy atom. The van der Waals surface area contributed by atoms with Crippen LogP contribution < -0.4 is 5.32 Å². The number of rotatable bonds is 4. The van der Waals surface area contributed by atoms with Crippen LogP contribution in [-0.4, -0.2) is 32.3 Å². The van der Waals surface area contributed by atoms with Gasteiger partial charge in [0.15, 0.2) is 0 Å². The van der Waals surface area contributed by atoms with Crippen LogP contribution in [0.1, 0.15) is 20.3 Å². The molecule has 5 nitrogen and oxygen atoms in total. The molecular formula is C9H17NO4. The highest BCUT2D eigenvalue weighted by atomic mass is 16.5. The first-order valence-electron chi connectivity index (χ1n) is 4.49. The van der Waals surface area contributed by atoms with Gasteiger partial charge in [-0.1, -0.05) is 6.92 Å². The van der Waals surface area contributed by atoms with Gasteiger partial charge in [-0.3, -0.25) is 4.79 Å². The van der Waals surface area contributed by atoms with Gasteiger partial charge in [-0.05, 0) is 13.3 Å². The lowest BCUT2D eigenvalue weighted by atomic mass is 9.99. The van der Waals surface area contributed by atoms with Gasteiger partial charge in [0.1, 0.15) is 0 Å². The lowest BCUT2D eigenvalue weighted by Crippen LogP contribution is -2.41. The molecule has 1 amide bonds. The number of esters is 1. The third kappa shape index (κ3) is 3.64. The fourth-order valence-electron chi connectivity index (χ4n) is 1.22. The van der Waals surface area contributed by atoms with Crippen LogP contribution in [0.3, 0.4) is 0 Å². The van der Waals surface area contributed by atoms with Crippen molar-refractivity contribution >= 4 is 12.1 Å². The molecule has 0 bridgehead atoms. The highest BCUT2D eigenvalue weighted by molar-refractivity contribution is 5.74. The quantitative estimate of drug-likeness (QED) is 0.690. The van der Waals surface area contributed by atoms with Gasteiger partial charge in [-0.25, -0.2) is 4.79 Å². The fourth-order valence-corrected chi connectivity index (χ4v) is 1.22. The van der Waals surface area contributed by atoms with Crippen molar-refractivity contribution in [3.05, 3.63) is 0 Å². The van der Waals surface area contributed by atoms with Crippen molar-refractivity contribution in [2.45, 2.75) is 26.3 Å². The summed E-state index contributed by atoms with van der Waals surface area (Å²) in [5, 5.41) is 2.53. The summed E-state index contributed by atoms with van der Waals surface area (Å²) >= 11 is 0. The highest BCUT2D eigenvalue weighted by Gasteiger charge is 2.25. The number of hydrogen-bond acceptors (Lipinski definition) is 4. The summed E-state index contributed by atoms with van der Waals surface area (Å²) in [5.74, 6) is -0.657. The second-order valence-corrected chi connectivity index (χ2v) is 2.96. The summed E-state index contributed by atoms with van der Waals surface area (Å²) in [6, 6.07) is -0.292. The topological polar surface area (TPSA) is 64.6 Å². The summed E-state index contributed by atoms with van der Waals surface area (Å²) in [7, 11) is 2.61. The Hall–Kier alpha value is -1.26. The second kappa shape index (κ2) is 6.23. The second-order valence-electron chi connectivity index (χ2n) is 2.96. The van der Waals surface area contributed by atoms with Crippen LogP contribution >= 0.6 is 0 Å². The molecule has 0 aliphatic heterocycles. The molecule has 2 atom stereocenters. The van der Waals surface area contributed by atoms with Crippen LogP contribution in [0, 0.1) is 5.92 Å². The minimum absolute atomic E-state index is 0.292. The minimum Gasteiger partial charge on any atom is -0.469 e. The molecular weight excluding hydrogens is 186 g/mol. The maximum absolute atomic E-state index is 11.2. The molecule has 0 aromatic carbocycles. The first kappa shape index (κ1) is 12.7. The SMILES string of the molecule is CC[C@@H](C(=O)OC)[C@H](C)NC(=O)OC. The largest absolute Gasteiger partial charge is 0.469 e. The van der Waals surface area contributed by atoms with E-state index < -0.39 is 6.09 Å². The monoisotopic (exact) mass is 203 g/mol. The van der Waals surface area contributed by atoms with Crippen molar-refractivity contribution in [1.29, 1.82) is 0 Å². The van der Waals surface area contributed by atoms with E-state index in [2.05, 4.69) is 14.8 Å². The third-order valence-electron chi connectivity index (χ3n) is 2.08. The number of amides is 1. The van der Waals surface area contributed by atoms with E-state index in [1.807, 2.05) is 6.92 Å². The van der Waals surface area contributed by atoms with Crippen LogP contribution in [0.25, 0.3) is 0 Å².